The molecule has 8 rings (SSSR count). The van der Waals surface area contributed by atoms with Crippen LogP contribution in [0.5, 0.6) is 0 Å². The van der Waals surface area contributed by atoms with Crippen molar-refractivity contribution in [3.05, 3.63) is 164 Å². The van der Waals surface area contributed by atoms with Crippen molar-refractivity contribution in [1.82, 2.24) is 0 Å². The van der Waals surface area contributed by atoms with E-state index in [1.165, 1.54) is 37.9 Å². The summed E-state index contributed by atoms with van der Waals surface area (Å²) in [5.41, 5.74) is 2.33. The Morgan fingerprint density at radius 2 is 0.929 bits per heavy atom. The Balaban J connectivity index is 1.40. The van der Waals surface area contributed by atoms with Crippen molar-refractivity contribution in [1.29, 1.82) is 0 Å². The van der Waals surface area contributed by atoms with Gasteiger partial charge in [-0.1, -0.05) is 158 Å². The maximum absolute atomic E-state index is 15.5. The average molecular weight is 555 g/mol. The molecule has 198 valence electrons. The highest BCUT2D eigenvalue weighted by atomic mass is 31.2. The lowest BCUT2D eigenvalue weighted by atomic mass is 9.89. The Morgan fingerprint density at radius 1 is 0.381 bits per heavy atom. The van der Waals surface area contributed by atoms with Crippen LogP contribution in [-0.2, 0) is 4.57 Å². The van der Waals surface area contributed by atoms with Gasteiger partial charge in [0.1, 0.15) is 0 Å². The lowest BCUT2D eigenvalue weighted by Gasteiger charge is -2.22. The molecular weight excluding hydrogens is 527 g/mol. The Kier molecular flexibility index (Phi) is 5.81. The molecule has 0 aliphatic heterocycles. The molecule has 8 aromatic rings. The lowest BCUT2D eigenvalue weighted by Crippen LogP contribution is -2.25. The minimum Gasteiger partial charge on any atom is -0.309 e. The van der Waals surface area contributed by atoms with Crippen molar-refractivity contribution in [2.45, 2.75) is 0 Å². The Labute approximate surface area is 245 Å². The summed E-state index contributed by atoms with van der Waals surface area (Å²) in [5, 5.41) is 12.0. The summed E-state index contributed by atoms with van der Waals surface area (Å²) in [4.78, 5) is 0. The van der Waals surface area contributed by atoms with E-state index in [1.807, 2.05) is 54.6 Å². The van der Waals surface area contributed by atoms with Crippen LogP contribution in [0.3, 0.4) is 0 Å². The highest BCUT2D eigenvalue weighted by Gasteiger charge is 2.31. The van der Waals surface area contributed by atoms with Crippen LogP contribution in [0.2, 0.25) is 0 Å². The summed E-state index contributed by atoms with van der Waals surface area (Å²) in [6, 6.07) is 56.8. The van der Waals surface area contributed by atoms with Gasteiger partial charge in [0.25, 0.3) is 0 Å². The zero-order valence-corrected chi connectivity index (χ0v) is 23.8. The van der Waals surface area contributed by atoms with Gasteiger partial charge in [-0.05, 0) is 60.3 Å². The van der Waals surface area contributed by atoms with E-state index in [0.717, 1.165) is 32.2 Å². The highest BCUT2D eigenvalue weighted by molar-refractivity contribution is 7.85. The zero-order chi connectivity index (χ0) is 28.1. The number of benzene rings is 8. The smallest absolute Gasteiger partial charge is 0.171 e. The van der Waals surface area contributed by atoms with Gasteiger partial charge in [-0.3, -0.25) is 0 Å². The molecule has 0 aliphatic rings. The molecule has 2 heteroatoms. The van der Waals surface area contributed by atoms with Gasteiger partial charge in [0.15, 0.2) is 7.14 Å². The molecule has 0 aromatic heterocycles. The van der Waals surface area contributed by atoms with Gasteiger partial charge in [0.2, 0.25) is 0 Å². The van der Waals surface area contributed by atoms with Gasteiger partial charge < -0.3 is 4.57 Å². The predicted molar refractivity (Wildman–Crippen MR) is 181 cm³/mol. The highest BCUT2D eigenvalue weighted by Crippen LogP contribution is 2.46. The molecule has 0 saturated heterocycles. The first-order valence-electron chi connectivity index (χ1n) is 14.3. The van der Waals surface area contributed by atoms with Crippen LogP contribution in [0.15, 0.2) is 164 Å². The van der Waals surface area contributed by atoms with E-state index in [1.54, 1.807) is 0 Å². The first kappa shape index (κ1) is 24.8. The van der Waals surface area contributed by atoms with E-state index in [2.05, 4.69) is 109 Å². The van der Waals surface area contributed by atoms with Crippen molar-refractivity contribution in [2.24, 2.45) is 0 Å². The molecule has 0 saturated carbocycles. The van der Waals surface area contributed by atoms with Crippen LogP contribution in [-0.4, -0.2) is 0 Å². The number of fused-ring (bicyclic) bond motifs is 5. The van der Waals surface area contributed by atoms with E-state index < -0.39 is 7.14 Å². The van der Waals surface area contributed by atoms with Gasteiger partial charge in [0, 0.05) is 15.9 Å². The Bertz CT molecular complexity index is 2310. The monoisotopic (exact) mass is 554 g/mol. The molecule has 1 unspecified atom stereocenters. The summed E-state index contributed by atoms with van der Waals surface area (Å²) in [6.45, 7) is 0. The van der Waals surface area contributed by atoms with Gasteiger partial charge in [0.05, 0.1) is 0 Å². The third-order valence-electron chi connectivity index (χ3n) is 8.50. The van der Waals surface area contributed by atoms with Crippen molar-refractivity contribution in [3.8, 4) is 11.1 Å². The SMILES string of the molecule is O=P(c1ccccc1)(c1ccc(-c2c3ccccc3cc3ccc4ccccc4c23)cc1)c1cccc2ccccc12. The minimum atomic E-state index is -3.17. The third-order valence-corrected chi connectivity index (χ3v) is 11.6. The minimum absolute atomic E-state index is 0.836. The maximum Gasteiger partial charge on any atom is 0.171 e. The summed E-state index contributed by atoms with van der Waals surface area (Å²) in [7, 11) is -3.17. The largest absolute Gasteiger partial charge is 0.309 e. The average Bonchev–Trinajstić information content (AvgIpc) is 3.07. The molecule has 0 radical (unpaired) electrons. The van der Waals surface area contributed by atoms with Crippen LogP contribution in [0.1, 0.15) is 0 Å². The van der Waals surface area contributed by atoms with Gasteiger partial charge in [-0.25, -0.2) is 0 Å². The van der Waals surface area contributed by atoms with Crippen molar-refractivity contribution in [2.75, 3.05) is 0 Å². The maximum atomic E-state index is 15.5. The standard InChI is InChI=1S/C40H27OP/c41-42(33-15-2-1-3-16-33,38-20-10-14-28-11-4-7-17-35(28)38)34-25-23-30(24-26-34)39-37-19-9-6-13-31(37)27-32-22-21-29-12-5-8-18-36(29)40(32)39/h1-27H. The fourth-order valence-electron chi connectivity index (χ4n) is 6.53. The normalized spacial score (nSPS) is 13.0. The summed E-state index contributed by atoms with van der Waals surface area (Å²) < 4.78 is 15.5. The molecule has 0 N–H and O–H groups in total. The molecule has 1 atom stereocenters. The third kappa shape index (κ3) is 3.82. The lowest BCUT2D eigenvalue weighted by molar-refractivity contribution is 0.592. The van der Waals surface area contributed by atoms with E-state index in [9.17, 15) is 0 Å². The molecule has 42 heavy (non-hydrogen) atoms. The second-order valence-corrected chi connectivity index (χ2v) is 13.6. The molecule has 0 amide bonds. The van der Waals surface area contributed by atoms with Crippen LogP contribution in [0.25, 0.3) is 54.2 Å². The Morgan fingerprint density at radius 3 is 1.69 bits per heavy atom. The van der Waals surface area contributed by atoms with Crippen molar-refractivity contribution >= 4 is 66.1 Å². The number of hydrogen-bond acceptors (Lipinski definition) is 1. The molecule has 0 bridgehead atoms. The second-order valence-electron chi connectivity index (χ2n) is 10.8. The molecule has 0 heterocycles. The van der Waals surface area contributed by atoms with Gasteiger partial charge in [-0.2, -0.15) is 0 Å². The Hall–Kier alpha value is -4.97. The van der Waals surface area contributed by atoms with Gasteiger partial charge in [-0.15, -0.1) is 0 Å². The van der Waals surface area contributed by atoms with Crippen LogP contribution in [0, 0.1) is 0 Å². The van der Waals surface area contributed by atoms with E-state index >= 15 is 4.57 Å². The fraction of sp³-hybridized carbons (Fsp3) is 0. The predicted octanol–water partition coefficient (Wildman–Crippen LogP) is 9.61. The molecule has 1 nitrogen and oxygen atoms in total. The molecule has 8 aromatic carbocycles. The molecule has 0 aliphatic carbocycles. The first-order chi connectivity index (χ1) is 20.7. The summed E-state index contributed by atoms with van der Waals surface area (Å²) in [5.74, 6) is 0. The van der Waals surface area contributed by atoms with Crippen LogP contribution >= 0.6 is 7.14 Å². The molecular formula is C40H27OP. The van der Waals surface area contributed by atoms with E-state index in [-0.39, 0.29) is 0 Å². The topological polar surface area (TPSA) is 17.1 Å². The molecule has 0 fully saturated rings. The van der Waals surface area contributed by atoms with Crippen LogP contribution in [0.4, 0.5) is 0 Å². The van der Waals surface area contributed by atoms with Crippen molar-refractivity contribution in [3.63, 3.8) is 0 Å². The fourth-order valence-corrected chi connectivity index (χ4v) is 9.38. The summed E-state index contributed by atoms with van der Waals surface area (Å²) in [6.07, 6.45) is 0. The van der Waals surface area contributed by atoms with E-state index in [0.29, 0.717) is 0 Å². The van der Waals surface area contributed by atoms with Crippen molar-refractivity contribution < 1.29 is 4.57 Å². The quantitative estimate of drug-likeness (QED) is 0.120. The first-order valence-corrected chi connectivity index (χ1v) is 16.0. The number of hydrogen-bond donors (Lipinski definition) is 0. The zero-order valence-electron chi connectivity index (χ0n) is 22.9. The molecule has 0 spiro atoms. The van der Waals surface area contributed by atoms with Crippen LogP contribution < -0.4 is 15.9 Å². The van der Waals surface area contributed by atoms with E-state index in [4.69, 9.17) is 0 Å². The summed E-state index contributed by atoms with van der Waals surface area (Å²) >= 11 is 0. The number of rotatable bonds is 4. The van der Waals surface area contributed by atoms with Gasteiger partial charge >= 0.3 is 0 Å². The second kappa shape index (κ2) is 9.84.